The summed E-state index contributed by atoms with van der Waals surface area (Å²) in [6, 6.07) is 1.81. The SMILES string of the molecule is Cc1cc(Cl)nc(N(C)CC2CCCCN2C(=O)OC(C)(C)C)n1. The Bertz CT molecular complexity index is 568. The van der Waals surface area contributed by atoms with Crippen LogP contribution in [0.1, 0.15) is 45.7 Å². The van der Waals surface area contributed by atoms with E-state index in [2.05, 4.69) is 9.97 Å². The molecule has 1 aliphatic heterocycles. The molecule has 1 saturated heterocycles. The second-order valence-corrected chi connectivity index (χ2v) is 7.72. The van der Waals surface area contributed by atoms with Gasteiger partial charge in [0, 0.05) is 25.8 Å². The lowest BCUT2D eigenvalue weighted by Gasteiger charge is -2.38. The minimum absolute atomic E-state index is 0.0847. The molecule has 1 amide bonds. The molecule has 0 bridgehead atoms. The zero-order valence-electron chi connectivity index (χ0n) is 15.2. The van der Waals surface area contributed by atoms with E-state index in [0.717, 1.165) is 31.5 Å². The number of amides is 1. The van der Waals surface area contributed by atoms with E-state index in [1.165, 1.54) is 0 Å². The lowest BCUT2D eigenvalue weighted by molar-refractivity contribution is 0.0108. The highest BCUT2D eigenvalue weighted by molar-refractivity contribution is 6.29. The van der Waals surface area contributed by atoms with E-state index in [4.69, 9.17) is 16.3 Å². The van der Waals surface area contributed by atoms with Gasteiger partial charge in [0.25, 0.3) is 0 Å². The van der Waals surface area contributed by atoms with Crippen LogP contribution in [0.4, 0.5) is 10.7 Å². The summed E-state index contributed by atoms with van der Waals surface area (Å²) in [5, 5.41) is 0.428. The van der Waals surface area contributed by atoms with Gasteiger partial charge in [-0.25, -0.2) is 14.8 Å². The van der Waals surface area contributed by atoms with Gasteiger partial charge in [-0.3, -0.25) is 0 Å². The van der Waals surface area contributed by atoms with Crippen molar-refractivity contribution in [3.63, 3.8) is 0 Å². The molecule has 7 heteroatoms. The van der Waals surface area contributed by atoms with Crippen LogP contribution in [0.3, 0.4) is 0 Å². The maximum atomic E-state index is 12.5. The summed E-state index contributed by atoms with van der Waals surface area (Å²) in [6.07, 6.45) is 2.81. The van der Waals surface area contributed by atoms with Gasteiger partial charge in [-0.05, 0) is 53.0 Å². The molecule has 24 heavy (non-hydrogen) atoms. The molecule has 0 saturated carbocycles. The number of aryl methyl sites for hydroxylation is 1. The molecule has 1 unspecified atom stereocenters. The van der Waals surface area contributed by atoms with Gasteiger partial charge in [0.2, 0.25) is 5.95 Å². The number of carbonyl (C=O) groups is 1. The molecule has 0 aromatic carbocycles. The summed E-state index contributed by atoms with van der Waals surface area (Å²) in [6.45, 7) is 8.93. The molecule has 134 valence electrons. The van der Waals surface area contributed by atoms with E-state index in [9.17, 15) is 4.79 Å². The van der Waals surface area contributed by atoms with Crippen LogP contribution in [0, 0.1) is 6.92 Å². The highest BCUT2D eigenvalue weighted by atomic mass is 35.5. The van der Waals surface area contributed by atoms with Gasteiger partial charge < -0.3 is 14.5 Å². The van der Waals surface area contributed by atoms with Crippen LogP contribution in [-0.4, -0.2) is 52.7 Å². The fourth-order valence-electron chi connectivity index (χ4n) is 2.83. The van der Waals surface area contributed by atoms with Crippen LogP contribution < -0.4 is 4.90 Å². The van der Waals surface area contributed by atoms with E-state index in [0.29, 0.717) is 17.6 Å². The molecule has 0 N–H and O–H groups in total. The van der Waals surface area contributed by atoms with Gasteiger partial charge in [0.15, 0.2) is 0 Å². The van der Waals surface area contributed by atoms with E-state index in [1.807, 2.05) is 44.5 Å². The first-order chi connectivity index (χ1) is 11.2. The lowest BCUT2D eigenvalue weighted by atomic mass is 10.0. The summed E-state index contributed by atoms with van der Waals surface area (Å²) < 4.78 is 5.55. The molecule has 1 aliphatic rings. The van der Waals surface area contributed by atoms with Crippen LogP contribution >= 0.6 is 11.6 Å². The van der Waals surface area contributed by atoms with E-state index in [-0.39, 0.29) is 12.1 Å². The predicted molar refractivity (Wildman–Crippen MR) is 95.6 cm³/mol. The highest BCUT2D eigenvalue weighted by Crippen LogP contribution is 2.22. The normalized spacial score (nSPS) is 18.4. The Morgan fingerprint density at radius 3 is 2.75 bits per heavy atom. The first-order valence-electron chi connectivity index (χ1n) is 8.37. The van der Waals surface area contributed by atoms with Crippen LogP contribution in [0.15, 0.2) is 6.07 Å². The summed E-state index contributed by atoms with van der Waals surface area (Å²) >= 11 is 6.03. The lowest BCUT2D eigenvalue weighted by Crippen LogP contribution is -2.50. The van der Waals surface area contributed by atoms with Crippen molar-refractivity contribution in [1.29, 1.82) is 0 Å². The second kappa shape index (κ2) is 7.55. The Balaban J connectivity index is 2.08. The zero-order chi connectivity index (χ0) is 17.9. The number of aromatic nitrogens is 2. The van der Waals surface area contributed by atoms with Crippen molar-refractivity contribution in [3.8, 4) is 0 Å². The third-order valence-electron chi connectivity index (χ3n) is 3.89. The van der Waals surface area contributed by atoms with Crippen molar-refractivity contribution in [3.05, 3.63) is 16.9 Å². The average molecular weight is 355 g/mol. The quantitative estimate of drug-likeness (QED) is 0.775. The number of carbonyl (C=O) groups excluding carboxylic acids is 1. The number of rotatable bonds is 3. The van der Waals surface area contributed by atoms with E-state index in [1.54, 1.807) is 6.07 Å². The molecule has 1 fully saturated rings. The number of nitrogens with zero attached hydrogens (tertiary/aromatic N) is 4. The number of hydrogen-bond donors (Lipinski definition) is 0. The number of halogens is 1. The van der Waals surface area contributed by atoms with E-state index >= 15 is 0 Å². The van der Waals surface area contributed by atoms with Crippen LogP contribution in [0.2, 0.25) is 5.15 Å². The molecule has 2 heterocycles. The molecular weight excluding hydrogens is 328 g/mol. The molecular formula is C17H27ClN4O2. The maximum Gasteiger partial charge on any atom is 0.410 e. The summed E-state index contributed by atoms with van der Waals surface area (Å²) in [4.78, 5) is 25.0. The summed E-state index contributed by atoms with van der Waals surface area (Å²) in [5.41, 5.74) is 0.336. The largest absolute Gasteiger partial charge is 0.444 e. The Labute approximate surface area is 149 Å². The number of hydrogen-bond acceptors (Lipinski definition) is 5. The van der Waals surface area contributed by atoms with Crippen molar-refractivity contribution in [2.24, 2.45) is 0 Å². The molecule has 2 rings (SSSR count). The van der Waals surface area contributed by atoms with E-state index < -0.39 is 5.60 Å². The fraction of sp³-hybridized carbons (Fsp3) is 0.706. The average Bonchev–Trinajstić information content (AvgIpc) is 2.44. The minimum Gasteiger partial charge on any atom is -0.444 e. The van der Waals surface area contributed by atoms with Crippen LogP contribution in [0.25, 0.3) is 0 Å². The number of ether oxygens (including phenoxy) is 1. The van der Waals surface area contributed by atoms with Gasteiger partial charge >= 0.3 is 6.09 Å². The molecule has 1 atom stereocenters. The van der Waals surface area contributed by atoms with Gasteiger partial charge in [-0.15, -0.1) is 0 Å². The predicted octanol–water partition coefficient (Wildman–Crippen LogP) is 3.66. The van der Waals surface area contributed by atoms with Gasteiger partial charge in [-0.2, -0.15) is 0 Å². The first kappa shape index (κ1) is 18.8. The number of anilines is 1. The van der Waals surface area contributed by atoms with Gasteiger partial charge in [0.05, 0.1) is 6.04 Å². The van der Waals surface area contributed by atoms with Crippen LogP contribution in [0.5, 0.6) is 0 Å². The number of piperidine rings is 1. The number of likely N-dealkylation sites (N-methyl/N-ethyl adjacent to an activating group) is 1. The van der Waals surface area contributed by atoms with Gasteiger partial charge in [0.1, 0.15) is 10.8 Å². The minimum atomic E-state index is -0.488. The van der Waals surface area contributed by atoms with Crippen molar-refractivity contribution >= 4 is 23.6 Å². The monoisotopic (exact) mass is 354 g/mol. The zero-order valence-corrected chi connectivity index (χ0v) is 15.9. The first-order valence-corrected chi connectivity index (χ1v) is 8.75. The summed E-state index contributed by atoms with van der Waals surface area (Å²) in [5.74, 6) is 0.578. The molecule has 0 aliphatic carbocycles. The Morgan fingerprint density at radius 2 is 2.12 bits per heavy atom. The standard InChI is InChI=1S/C17H27ClN4O2/c1-12-10-14(18)20-15(19-12)21(5)11-13-8-6-7-9-22(13)16(23)24-17(2,3)4/h10,13H,6-9,11H2,1-5H3. The molecule has 0 radical (unpaired) electrons. The third kappa shape index (κ3) is 5.23. The fourth-order valence-corrected chi connectivity index (χ4v) is 3.07. The summed E-state index contributed by atoms with van der Waals surface area (Å²) in [7, 11) is 1.92. The molecule has 0 spiro atoms. The molecule has 1 aromatic heterocycles. The van der Waals surface area contributed by atoms with Crippen molar-refractivity contribution in [2.75, 3.05) is 25.0 Å². The van der Waals surface area contributed by atoms with Gasteiger partial charge in [-0.1, -0.05) is 11.6 Å². The van der Waals surface area contributed by atoms with Crippen LogP contribution in [-0.2, 0) is 4.74 Å². The number of likely N-dealkylation sites (tertiary alicyclic amines) is 1. The van der Waals surface area contributed by atoms with Crippen molar-refractivity contribution in [1.82, 2.24) is 14.9 Å². The molecule has 1 aromatic rings. The Morgan fingerprint density at radius 1 is 1.42 bits per heavy atom. The topological polar surface area (TPSA) is 58.6 Å². The highest BCUT2D eigenvalue weighted by Gasteiger charge is 2.31. The smallest absolute Gasteiger partial charge is 0.410 e. The van der Waals surface area contributed by atoms with Crippen molar-refractivity contribution in [2.45, 2.75) is 58.6 Å². The Hall–Kier alpha value is -1.56. The second-order valence-electron chi connectivity index (χ2n) is 7.34. The molecule has 6 nitrogen and oxygen atoms in total. The van der Waals surface area contributed by atoms with Crippen molar-refractivity contribution < 1.29 is 9.53 Å². The Kier molecular flexibility index (Phi) is 5.91. The maximum absolute atomic E-state index is 12.5. The third-order valence-corrected chi connectivity index (χ3v) is 4.09.